The van der Waals surface area contributed by atoms with E-state index in [9.17, 15) is 23.1 Å². The number of nitrogens with one attached hydrogen (secondary N) is 1. The third-order valence-electron chi connectivity index (χ3n) is 4.96. The molecule has 0 saturated heterocycles. The molecule has 0 spiro atoms. The number of carbonyl (C=O) groups excluding carboxylic acids is 1. The number of carboxylic acid groups (broad SMARTS) is 1. The molecule has 0 atom stereocenters. The number of fused-ring (bicyclic) bond motifs is 1. The first-order valence-corrected chi connectivity index (χ1v) is 11.6. The number of aromatic carboxylic acids is 1. The van der Waals surface area contributed by atoms with E-state index < -0.39 is 33.3 Å². The van der Waals surface area contributed by atoms with Crippen LogP contribution >= 0.6 is 0 Å². The molecule has 0 aliphatic rings. The summed E-state index contributed by atoms with van der Waals surface area (Å²) in [5.41, 5.74) is 0.715. The summed E-state index contributed by atoms with van der Waals surface area (Å²) < 4.78 is 39.2. The number of ether oxygens (including phenoxy) is 1. The van der Waals surface area contributed by atoms with E-state index in [4.69, 9.17) is 14.3 Å². The van der Waals surface area contributed by atoms with Crippen LogP contribution < -0.4 is 4.72 Å². The molecule has 0 radical (unpaired) electrons. The van der Waals surface area contributed by atoms with Crippen molar-refractivity contribution in [2.75, 3.05) is 11.3 Å². The van der Waals surface area contributed by atoms with Gasteiger partial charge in [-0.25, -0.2) is 18.0 Å². The molecule has 3 aromatic carbocycles. The Bertz CT molecular complexity index is 1510. The van der Waals surface area contributed by atoms with Crippen LogP contribution in [0.5, 0.6) is 5.75 Å². The van der Waals surface area contributed by atoms with E-state index in [-0.39, 0.29) is 22.8 Å². The summed E-state index contributed by atoms with van der Waals surface area (Å²) in [6.45, 7) is 1.81. The van der Waals surface area contributed by atoms with Gasteiger partial charge in [0.05, 0.1) is 11.5 Å². The molecule has 0 bridgehead atoms. The largest absolute Gasteiger partial charge is 0.507 e. The predicted molar refractivity (Wildman–Crippen MR) is 123 cm³/mol. The zero-order valence-corrected chi connectivity index (χ0v) is 18.6. The average molecular weight is 481 g/mol. The number of sulfonamides is 1. The lowest BCUT2D eigenvalue weighted by atomic mass is 10.1. The van der Waals surface area contributed by atoms with Gasteiger partial charge in [0.25, 0.3) is 10.0 Å². The van der Waals surface area contributed by atoms with Crippen molar-refractivity contribution in [2.45, 2.75) is 11.8 Å². The average Bonchev–Trinajstić information content (AvgIpc) is 3.18. The maximum absolute atomic E-state index is 12.9. The molecule has 4 rings (SSSR count). The zero-order valence-electron chi connectivity index (χ0n) is 17.8. The zero-order chi connectivity index (χ0) is 24.5. The number of aromatic hydroxyl groups is 1. The lowest BCUT2D eigenvalue weighted by molar-refractivity contribution is 0.0528. The Hall–Kier alpha value is -4.31. The number of furan rings is 1. The first-order valence-electron chi connectivity index (χ1n) is 10.1. The second-order valence-corrected chi connectivity index (χ2v) is 8.88. The number of rotatable bonds is 7. The van der Waals surface area contributed by atoms with E-state index >= 15 is 0 Å². The number of esters is 1. The highest BCUT2D eigenvalue weighted by atomic mass is 32.2. The molecule has 4 aromatic rings. The van der Waals surface area contributed by atoms with Crippen LogP contribution in [0.4, 0.5) is 5.69 Å². The van der Waals surface area contributed by atoms with Gasteiger partial charge in [-0.3, -0.25) is 4.72 Å². The lowest BCUT2D eigenvalue weighted by Crippen LogP contribution is -2.14. The number of hydrogen-bond acceptors (Lipinski definition) is 7. The molecule has 0 aliphatic heterocycles. The standard InChI is InChI=1S/C24H19NO8S/c1-2-32-24(29)21-18-12-15(8-11-20(18)33-22(21)14-6-4-3-5-7-14)25-34(30,31)16-9-10-19(26)17(13-16)23(27)28/h3-13,25-26H,2H2,1H3,(H,27,28). The minimum Gasteiger partial charge on any atom is -0.507 e. The molecule has 1 heterocycles. The first-order chi connectivity index (χ1) is 16.2. The smallest absolute Gasteiger partial charge is 0.342 e. The van der Waals surface area contributed by atoms with Gasteiger partial charge in [0, 0.05) is 16.6 Å². The molecule has 34 heavy (non-hydrogen) atoms. The topological polar surface area (TPSA) is 143 Å². The fourth-order valence-corrected chi connectivity index (χ4v) is 4.50. The van der Waals surface area contributed by atoms with Crippen LogP contribution in [-0.2, 0) is 14.8 Å². The number of phenols is 1. The van der Waals surface area contributed by atoms with Gasteiger partial charge in [0.15, 0.2) is 0 Å². The highest BCUT2D eigenvalue weighted by Gasteiger charge is 2.25. The van der Waals surface area contributed by atoms with Crippen molar-refractivity contribution in [3.8, 4) is 17.1 Å². The van der Waals surface area contributed by atoms with Crippen molar-refractivity contribution in [1.29, 1.82) is 0 Å². The fraction of sp³-hybridized carbons (Fsp3) is 0.0833. The SMILES string of the molecule is CCOC(=O)c1c(-c2ccccc2)oc2ccc(NS(=O)(=O)c3ccc(O)c(C(=O)O)c3)cc12. The summed E-state index contributed by atoms with van der Waals surface area (Å²) in [4.78, 5) is 23.7. The fourth-order valence-electron chi connectivity index (χ4n) is 3.43. The van der Waals surface area contributed by atoms with Gasteiger partial charge in [-0.05, 0) is 43.3 Å². The summed E-state index contributed by atoms with van der Waals surface area (Å²) in [5, 5.41) is 19.2. The number of benzene rings is 3. The van der Waals surface area contributed by atoms with Crippen LogP contribution in [0.15, 0.2) is 76.0 Å². The van der Waals surface area contributed by atoms with Crippen molar-refractivity contribution in [3.63, 3.8) is 0 Å². The lowest BCUT2D eigenvalue weighted by Gasteiger charge is -2.10. The summed E-state index contributed by atoms with van der Waals surface area (Å²) in [6, 6.07) is 16.3. The second kappa shape index (κ2) is 8.91. The number of carbonyl (C=O) groups is 2. The molecule has 0 fully saturated rings. The Balaban J connectivity index is 1.79. The maximum atomic E-state index is 12.9. The molecular weight excluding hydrogens is 462 g/mol. The predicted octanol–water partition coefficient (Wildman–Crippen LogP) is 4.48. The minimum atomic E-state index is -4.21. The minimum absolute atomic E-state index is 0.114. The molecule has 0 saturated carbocycles. The monoisotopic (exact) mass is 481 g/mol. The van der Waals surface area contributed by atoms with E-state index in [0.29, 0.717) is 22.3 Å². The Labute approximate surface area is 194 Å². The van der Waals surface area contributed by atoms with Gasteiger partial charge in [-0.15, -0.1) is 0 Å². The highest BCUT2D eigenvalue weighted by Crippen LogP contribution is 2.36. The number of carboxylic acids is 1. The van der Waals surface area contributed by atoms with E-state index in [0.717, 1.165) is 18.2 Å². The number of hydrogen-bond donors (Lipinski definition) is 3. The number of anilines is 1. The van der Waals surface area contributed by atoms with Crippen LogP contribution in [0.1, 0.15) is 27.6 Å². The van der Waals surface area contributed by atoms with Crippen molar-refractivity contribution >= 4 is 38.6 Å². The van der Waals surface area contributed by atoms with E-state index in [2.05, 4.69) is 4.72 Å². The molecule has 1 aromatic heterocycles. The summed E-state index contributed by atoms with van der Waals surface area (Å²) in [6.07, 6.45) is 0. The van der Waals surface area contributed by atoms with Crippen molar-refractivity contribution < 1.29 is 37.4 Å². The molecule has 0 unspecified atom stereocenters. The van der Waals surface area contributed by atoms with Crippen LogP contribution in [0.2, 0.25) is 0 Å². The van der Waals surface area contributed by atoms with Crippen molar-refractivity contribution in [1.82, 2.24) is 0 Å². The second-order valence-electron chi connectivity index (χ2n) is 7.19. The van der Waals surface area contributed by atoms with Crippen LogP contribution in [0.25, 0.3) is 22.3 Å². The Morgan fingerprint density at radius 3 is 2.44 bits per heavy atom. The van der Waals surface area contributed by atoms with E-state index in [1.54, 1.807) is 31.2 Å². The highest BCUT2D eigenvalue weighted by molar-refractivity contribution is 7.92. The molecule has 0 aliphatic carbocycles. The third kappa shape index (κ3) is 4.30. The van der Waals surface area contributed by atoms with Crippen LogP contribution in [0, 0.1) is 0 Å². The van der Waals surface area contributed by atoms with Gasteiger partial charge >= 0.3 is 11.9 Å². The van der Waals surface area contributed by atoms with Gasteiger partial charge in [-0.2, -0.15) is 0 Å². The van der Waals surface area contributed by atoms with Gasteiger partial charge in [0.2, 0.25) is 0 Å². The molecular formula is C24H19NO8S. The molecule has 10 heteroatoms. The van der Waals surface area contributed by atoms with Gasteiger partial charge < -0.3 is 19.4 Å². The van der Waals surface area contributed by atoms with Gasteiger partial charge in [0.1, 0.15) is 28.2 Å². The summed E-state index contributed by atoms with van der Waals surface area (Å²) in [7, 11) is -4.21. The van der Waals surface area contributed by atoms with E-state index in [1.165, 1.54) is 18.2 Å². The normalized spacial score (nSPS) is 11.3. The Morgan fingerprint density at radius 1 is 1.03 bits per heavy atom. The van der Waals surface area contributed by atoms with Crippen molar-refractivity contribution in [2.24, 2.45) is 0 Å². The molecule has 174 valence electrons. The van der Waals surface area contributed by atoms with Gasteiger partial charge in [-0.1, -0.05) is 30.3 Å². The molecule has 9 nitrogen and oxygen atoms in total. The summed E-state index contributed by atoms with van der Waals surface area (Å²) >= 11 is 0. The van der Waals surface area contributed by atoms with Crippen molar-refractivity contribution in [3.05, 3.63) is 77.9 Å². The molecule has 3 N–H and O–H groups in total. The summed E-state index contributed by atoms with van der Waals surface area (Å²) in [5.74, 6) is -2.36. The van der Waals surface area contributed by atoms with Crippen LogP contribution in [0.3, 0.4) is 0 Å². The Morgan fingerprint density at radius 2 is 1.76 bits per heavy atom. The Kier molecular flexibility index (Phi) is 5.99. The third-order valence-corrected chi connectivity index (χ3v) is 6.34. The molecule has 0 amide bonds. The van der Waals surface area contributed by atoms with E-state index in [1.807, 2.05) is 6.07 Å². The quantitative estimate of drug-likeness (QED) is 0.328. The maximum Gasteiger partial charge on any atom is 0.342 e. The first kappa shape index (κ1) is 22.9. The van der Waals surface area contributed by atoms with Crippen LogP contribution in [-0.4, -0.2) is 37.2 Å².